The maximum Gasteiger partial charge on any atom is 0.291 e. The number of aryl methyl sites for hydroxylation is 1. The van der Waals surface area contributed by atoms with Gasteiger partial charge in [-0.2, -0.15) is 0 Å². The summed E-state index contributed by atoms with van der Waals surface area (Å²) >= 11 is 0. The molecule has 0 saturated carbocycles. The highest BCUT2D eigenvalue weighted by Gasteiger charge is 2.20. The van der Waals surface area contributed by atoms with Crippen molar-refractivity contribution in [2.24, 2.45) is 0 Å². The number of nitrogens with one attached hydrogen (secondary N) is 1. The minimum absolute atomic E-state index is 0.152. The molecule has 1 N–H and O–H groups in total. The normalized spacial score (nSPS) is 11.8. The fourth-order valence-corrected chi connectivity index (χ4v) is 3.68. The Morgan fingerprint density at radius 1 is 1.14 bits per heavy atom. The molecule has 1 amide bonds. The van der Waals surface area contributed by atoms with Crippen LogP contribution in [-0.4, -0.2) is 39.3 Å². The average molecular weight is 402 g/mol. The van der Waals surface area contributed by atoms with E-state index in [1.807, 2.05) is 19.9 Å². The summed E-state index contributed by atoms with van der Waals surface area (Å²) in [6.45, 7) is 4.26. The summed E-state index contributed by atoms with van der Waals surface area (Å²) in [5, 5.41) is 3.54. The van der Waals surface area contributed by atoms with Gasteiger partial charge in [-0.25, -0.2) is 12.7 Å². The number of fused-ring (bicyclic) bond motifs is 1. The Morgan fingerprint density at radius 3 is 2.43 bits per heavy atom. The van der Waals surface area contributed by atoms with E-state index in [2.05, 4.69) is 5.32 Å². The second kappa shape index (κ2) is 7.65. The maximum absolute atomic E-state index is 12.6. The molecule has 0 fully saturated rings. The zero-order chi connectivity index (χ0) is 20.5. The minimum Gasteiger partial charge on any atom is -0.494 e. The van der Waals surface area contributed by atoms with Crippen LogP contribution in [0.4, 0.5) is 5.69 Å². The van der Waals surface area contributed by atoms with Crippen molar-refractivity contribution in [1.29, 1.82) is 0 Å². The van der Waals surface area contributed by atoms with Crippen molar-refractivity contribution in [1.82, 2.24) is 4.31 Å². The van der Waals surface area contributed by atoms with E-state index in [0.717, 1.165) is 9.69 Å². The lowest BCUT2D eigenvalue weighted by Crippen LogP contribution is -2.22. The summed E-state index contributed by atoms with van der Waals surface area (Å²) in [6.07, 6.45) is 0. The molecule has 0 saturated heterocycles. The number of hydrogen-bond acceptors (Lipinski definition) is 5. The summed E-state index contributed by atoms with van der Waals surface area (Å²) in [5.41, 5.74) is 1.77. The van der Waals surface area contributed by atoms with E-state index < -0.39 is 15.9 Å². The third-order valence-electron chi connectivity index (χ3n) is 4.32. The lowest BCUT2D eigenvalue weighted by atomic mass is 10.1. The Kier molecular flexibility index (Phi) is 5.44. The van der Waals surface area contributed by atoms with Gasteiger partial charge in [0.15, 0.2) is 5.76 Å². The predicted octanol–water partition coefficient (Wildman–Crippen LogP) is 3.64. The first-order chi connectivity index (χ1) is 13.2. The van der Waals surface area contributed by atoms with Gasteiger partial charge >= 0.3 is 0 Å². The minimum atomic E-state index is -3.52. The third kappa shape index (κ3) is 3.74. The summed E-state index contributed by atoms with van der Waals surface area (Å²) < 4.78 is 36.6. The molecular formula is C20H22N2O5S. The monoisotopic (exact) mass is 402 g/mol. The van der Waals surface area contributed by atoms with Gasteiger partial charge in [-0.3, -0.25) is 4.79 Å². The quantitative estimate of drug-likeness (QED) is 0.680. The number of amides is 1. The second-order valence-corrected chi connectivity index (χ2v) is 8.56. The molecule has 148 valence electrons. The van der Waals surface area contributed by atoms with Gasteiger partial charge in [0, 0.05) is 30.7 Å². The van der Waals surface area contributed by atoms with Crippen molar-refractivity contribution in [3.8, 4) is 5.75 Å². The first kappa shape index (κ1) is 19.9. The number of nitrogens with zero attached hydrogens (tertiary/aromatic N) is 1. The van der Waals surface area contributed by atoms with E-state index >= 15 is 0 Å². The fourth-order valence-electron chi connectivity index (χ4n) is 2.78. The first-order valence-electron chi connectivity index (χ1n) is 8.74. The number of carbonyl (C=O) groups is 1. The molecule has 0 unspecified atom stereocenters. The smallest absolute Gasteiger partial charge is 0.291 e. The molecule has 0 atom stereocenters. The van der Waals surface area contributed by atoms with Gasteiger partial charge in [0.2, 0.25) is 10.0 Å². The van der Waals surface area contributed by atoms with Gasteiger partial charge in [-0.05, 0) is 56.3 Å². The Bertz CT molecular complexity index is 1120. The molecule has 0 aliphatic rings. The van der Waals surface area contributed by atoms with Crippen molar-refractivity contribution >= 4 is 32.6 Å². The van der Waals surface area contributed by atoms with Crippen LogP contribution in [0.2, 0.25) is 0 Å². The summed E-state index contributed by atoms with van der Waals surface area (Å²) in [7, 11) is -0.588. The third-order valence-corrected chi connectivity index (χ3v) is 6.14. The van der Waals surface area contributed by atoms with Gasteiger partial charge < -0.3 is 14.5 Å². The molecule has 1 aromatic heterocycles. The fraction of sp³-hybridized carbons (Fsp3) is 0.250. The van der Waals surface area contributed by atoms with Crippen molar-refractivity contribution in [2.75, 3.05) is 26.0 Å². The highest BCUT2D eigenvalue weighted by atomic mass is 32.2. The van der Waals surface area contributed by atoms with E-state index in [4.69, 9.17) is 9.15 Å². The summed E-state index contributed by atoms with van der Waals surface area (Å²) in [5.74, 6) is 0.507. The zero-order valence-electron chi connectivity index (χ0n) is 16.1. The predicted molar refractivity (Wildman–Crippen MR) is 107 cm³/mol. The van der Waals surface area contributed by atoms with Gasteiger partial charge in [-0.15, -0.1) is 0 Å². The Labute approximate surface area is 163 Å². The number of anilines is 1. The summed E-state index contributed by atoms with van der Waals surface area (Å²) in [4.78, 5) is 12.8. The van der Waals surface area contributed by atoms with Gasteiger partial charge in [0.1, 0.15) is 11.3 Å². The molecule has 3 rings (SSSR count). The Hall–Kier alpha value is -2.84. The topological polar surface area (TPSA) is 88.8 Å². The van der Waals surface area contributed by atoms with E-state index in [9.17, 15) is 13.2 Å². The van der Waals surface area contributed by atoms with Crippen LogP contribution in [0.25, 0.3) is 11.0 Å². The van der Waals surface area contributed by atoms with Gasteiger partial charge in [0.05, 0.1) is 11.5 Å². The molecule has 0 spiro atoms. The van der Waals surface area contributed by atoms with Crippen LogP contribution >= 0.6 is 0 Å². The Morgan fingerprint density at radius 2 is 1.82 bits per heavy atom. The zero-order valence-corrected chi connectivity index (χ0v) is 17.0. The molecule has 2 aromatic carbocycles. The average Bonchev–Trinajstić information content (AvgIpc) is 2.99. The van der Waals surface area contributed by atoms with Crippen molar-refractivity contribution < 1.29 is 22.4 Å². The standard InChI is InChI=1S/C20H22N2O5S/c1-5-26-15-8-11-18-17(12-15)13(2)19(27-18)20(23)21-14-6-9-16(10-7-14)28(24,25)22(3)4/h6-12H,5H2,1-4H3,(H,21,23). The number of ether oxygens (including phenoxy) is 1. The second-order valence-electron chi connectivity index (χ2n) is 6.41. The molecular weight excluding hydrogens is 380 g/mol. The van der Waals surface area contributed by atoms with Crippen molar-refractivity contribution in [2.45, 2.75) is 18.7 Å². The van der Waals surface area contributed by atoms with E-state index in [1.165, 1.54) is 26.2 Å². The van der Waals surface area contributed by atoms with Crippen LogP contribution in [0.1, 0.15) is 23.0 Å². The van der Waals surface area contributed by atoms with E-state index in [-0.39, 0.29) is 10.7 Å². The molecule has 0 aliphatic heterocycles. The van der Waals surface area contributed by atoms with Crippen LogP contribution in [0.3, 0.4) is 0 Å². The lowest BCUT2D eigenvalue weighted by molar-refractivity contribution is 0.0998. The van der Waals surface area contributed by atoms with Crippen LogP contribution in [0.15, 0.2) is 51.8 Å². The molecule has 0 aliphatic carbocycles. The molecule has 1 heterocycles. The number of carbonyl (C=O) groups excluding carboxylic acids is 1. The molecule has 8 heteroatoms. The summed E-state index contributed by atoms with van der Waals surface area (Å²) in [6, 6.07) is 11.4. The van der Waals surface area contributed by atoms with Crippen LogP contribution < -0.4 is 10.1 Å². The molecule has 0 radical (unpaired) electrons. The van der Waals surface area contributed by atoms with Gasteiger partial charge in [-0.1, -0.05) is 0 Å². The SMILES string of the molecule is CCOc1ccc2oc(C(=O)Nc3ccc(S(=O)(=O)N(C)C)cc3)c(C)c2c1. The number of furan rings is 1. The van der Waals surface area contributed by atoms with Crippen molar-refractivity contribution in [3.05, 3.63) is 53.8 Å². The Balaban J connectivity index is 1.84. The van der Waals surface area contributed by atoms with E-state index in [0.29, 0.717) is 29.2 Å². The number of sulfonamides is 1. The first-order valence-corrected chi connectivity index (χ1v) is 10.2. The number of rotatable bonds is 6. The lowest BCUT2D eigenvalue weighted by Gasteiger charge is -2.11. The van der Waals surface area contributed by atoms with Gasteiger partial charge in [0.25, 0.3) is 5.91 Å². The van der Waals surface area contributed by atoms with Crippen molar-refractivity contribution in [3.63, 3.8) is 0 Å². The molecule has 7 nitrogen and oxygen atoms in total. The maximum atomic E-state index is 12.6. The number of benzene rings is 2. The largest absolute Gasteiger partial charge is 0.494 e. The van der Waals surface area contributed by atoms with E-state index in [1.54, 1.807) is 24.3 Å². The number of hydrogen-bond donors (Lipinski definition) is 1. The molecule has 28 heavy (non-hydrogen) atoms. The van der Waals surface area contributed by atoms with Crippen LogP contribution in [-0.2, 0) is 10.0 Å². The van der Waals surface area contributed by atoms with Crippen LogP contribution in [0, 0.1) is 6.92 Å². The molecule has 0 bridgehead atoms. The molecule has 3 aromatic rings. The van der Waals surface area contributed by atoms with Crippen LogP contribution in [0.5, 0.6) is 5.75 Å². The highest BCUT2D eigenvalue weighted by molar-refractivity contribution is 7.89. The highest BCUT2D eigenvalue weighted by Crippen LogP contribution is 2.29.